The number of pyridine rings is 1. The number of hydrogen-bond donors (Lipinski definition) is 1. The molecule has 0 spiro atoms. The first kappa shape index (κ1) is 13.7. The van der Waals surface area contributed by atoms with Gasteiger partial charge in [-0.3, -0.25) is 9.88 Å². The first-order chi connectivity index (χ1) is 9.84. The van der Waals surface area contributed by atoms with Gasteiger partial charge in [0.15, 0.2) is 0 Å². The molecule has 0 bridgehead atoms. The van der Waals surface area contributed by atoms with Crippen LogP contribution in [-0.2, 0) is 0 Å². The smallest absolute Gasteiger partial charge is 0.0711 e. The lowest BCUT2D eigenvalue weighted by molar-refractivity contribution is 0.243. The van der Waals surface area contributed by atoms with Crippen LogP contribution in [0.3, 0.4) is 0 Å². The van der Waals surface area contributed by atoms with Crippen molar-refractivity contribution >= 4 is 11.3 Å². The third-order valence-corrected chi connectivity index (χ3v) is 4.86. The number of aromatic nitrogens is 1. The van der Waals surface area contributed by atoms with Crippen LogP contribution in [0.5, 0.6) is 0 Å². The highest BCUT2D eigenvalue weighted by Gasteiger charge is 2.24. The molecule has 0 amide bonds. The van der Waals surface area contributed by atoms with E-state index in [9.17, 15) is 0 Å². The van der Waals surface area contributed by atoms with Crippen LogP contribution in [0, 0.1) is 6.92 Å². The van der Waals surface area contributed by atoms with Crippen molar-refractivity contribution in [2.75, 3.05) is 26.2 Å². The Balaban J connectivity index is 1.94. The number of rotatable bonds is 3. The Morgan fingerprint density at radius 1 is 1.35 bits per heavy atom. The molecule has 1 N–H and O–H groups in total. The zero-order chi connectivity index (χ0) is 13.8. The number of nitrogens with one attached hydrogen (secondary N) is 1. The summed E-state index contributed by atoms with van der Waals surface area (Å²) in [6, 6.07) is 6.91. The molecule has 2 aromatic heterocycles. The average Bonchev–Trinajstić information content (AvgIpc) is 2.74. The van der Waals surface area contributed by atoms with Crippen LogP contribution in [0.4, 0.5) is 0 Å². The van der Waals surface area contributed by atoms with Crippen LogP contribution in [0.1, 0.15) is 28.5 Å². The lowest BCUT2D eigenvalue weighted by atomic mass is 10.0. The van der Waals surface area contributed by atoms with Crippen LogP contribution in [0.15, 0.2) is 36.0 Å². The summed E-state index contributed by atoms with van der Waals surface area (Å²) in [5.41, 5.74) is 2.66. The van der Waals surface area contributed by atoms with Crippen molar-refractivity contribution in [1.82, 2.24) is 15.2 Å². The van der Waals surface area contributed by atoms with Crippen molar-refractivity contribution in [2.45, 2.75) is 19.4 Å². The second kappa shape index (κ2) is 6.48. The van der Waals surface area contributed by atoms with Crippen molar-refractivity contribution in [3.05, 3.63) is 52.0 Å². The Labute approximate surface area is 124 Å². The predicted octanol–water partition coefficient (Wildman–Crippen LogP) is 2.84. The van der Waals surface area contributed by atoms with Crippen LogP contribution in [-0.4, -0.2) is 36.1 Å². The molecule has 1 fully saturated rings. The van der Waals surface area contributed by atoms with Gasteiger partial charge in [0, 0.05) is 36.9 Å². The van der Waals surface area contributed by atoms with Gasteiger partial charge in [-0.2, -0.15) is 0 Å². The molecule has 3 heterocycles. The summed E-state index contributed by atoms with van der Waals surface area (Å²) >= 11 is 1.86. The molecular weight excluding hydrogens is 266 g/mol. The van der Waals surface area contributed by atoms with E-state index in [4.69, 9.17) is 0 Å². The molecule has 2 aromatic rings. The SMILES string of the molecule is Cc1csc(C(c2cccnc2)N2CCCNCC2)c1. The Kier molecular flexibility index (Phi) is 4.45. The third kappa shape index (κ3) is 3.08. The van der Waals surface area contributed by atoms with Gasteiger partial charge >= 0.3 is 0 Å². The van der Waals surface area contributed by atoms with Gasteiger partial charge < -0.3 is 5.32 Å². The van der Waals surface area contributed by atoms with Crippen molar-refractivity contribution in [3.63, 3.8) is 0 Å². The van der Waals surface area contributed by atoms with Gasteiger partial charge in [0.1, 0.15) is 0 Å². The Morgan fingerprint density at radius 3 is 3.05 bits per heavy atom. The summed E-state index contributed by atoms with van der Waals surface area (Å²) in [7, 11) is 0. The predicted molar refractivity (Wildman–Crippen MR) is 84.2 cm³/mol. The number of hydrogen-bond acceptors (Lipinski definition) is 4. The molecule has 1 aliphatic heterocycles. The van der Waals surface area contributed by atoms with Gasteiger partial charge in [0.2, 0.25) is 0 Å². The van der Waals surface area contributed by atoms with Crippen LogP contribution in [0.2, 0.25) is 0 Å². The minimum absolute atomic E-state index is 0.349. The second-order valence-electron chi connectivity index (χ2n) is 5.35. The Hall–Kier alpha value is -1.23. The summed E-state index contributed by atoms with van der Waals surface area (Å²) in [6.07, 6.45) is 5.07. The first-order valence-corrected chi connectivity index (χ1v) is 8.12. The molecule has 106 valence electrons. The zero-order valence-electron chi connectivity index (χ0n) is 11.9. The number of aryl methyl sites for hydroxylation is 1. The largest absolute Gasteiger partial charge is 0.315 e. The van der Waals surface area contributed by atoms with Gasteiger partial charge in [0.05, 0.1) is 6.04 Å². The highest BCUT2D eigenvalue weighted by Crippen LogP contribution is 2.32. The molecule has 0 saturated carbocycles. The maximum Gasteiger partial charge on any atom is 0.0711 e. The summed E-state index contributed by atoms with van der Waals surface area (Å²) in [5, 5.41) is 5.73. The molecule has 3 nitrogen and oxygen atoms in total. The highest BCUT2D eigenvalue weighted by atomic mass is 32.1. The Morgan fingerprint density at radius 2 is 2.30 bits per heavy atom. The lowest BCUT2D eigenvalue weighted by Crippen LogP contribution is -2.32. The topological polar surface area (TPSA) is 28.2 Å². The molecule has 1 saturated heterocycles. The van der Waals surface area contributed by atoms with Crippen molar-refractivity contribution < 1.29 is 0 Å². The van der Waals surface area contributed by atoms with Gasteiger partial charge in [-0.25, -0.2) is 0 Å². The summed E-state index contributed by atoms with van der Waals surface area (Å²) in [5.74, 6) is 0. The van der Waals surface area contributed by atoms with Gasteiger partial charge in [-0.05, 0) is 48.5 Å². The quantitative estimate of drug-likeness (QED) is 0.941. The number of thiophene rings is 1. The Bertz CT molecular complexity index is 530. The van der Waals surface area contributed by atoms with Crippen LogP contribution in [0.25, 0.3) is 0 Å². The molecular formula is C16H21N3S. The summed E-state index contributed by atoms with van der Waals surface area (Å²) in [6.45, 7) is 6.60. The maximum absolute atomic E-state index is 4.32. The fraction of sp³-hybridized carbons (Fsp3) is 0.438. The van der Waals surface area contributed by atoms with Gasteiger partial charge in [-0.15, -0.1) is 11.3 Å². The minimum atomic E-state index is 0.349. The fourth-order valence-corrected chi connectivity index (χ4v) is 3.87. The molecule has 0 radical (unpaired) electrons. The molecule has 20 heavy (non-hydrogen) atoms. The summed E-state index contributed by atoms with van der Waals surface area (Å²) < 4.78 is 0. The van der Waals surface area contributed by atoms with E-state index in [0.717, 1.165) is 26.2 Å². The van der Waals surface area contributed by atoms with Crippen LogP contribution < -0.4 is 5.32 Å². The first-order valence-electron chi connectivity index (χ1n) is 7.24. The molecule has 1 aliphatic rings. The second-order valence-corrected chi connectivity index (χ2v) is 6.30. The van der Waals surface area contributed by atoms with Crippen molar-refractivity contribution in [2.24, 2.45) is 0 Å². The van der Waals surface area contributed by atoms with E-state index in [1.165, 1.54) is 22.4 Å². The highest BCUT2D eigenvalue weighted by molar-refractivity contribution is 7.10. The lowest BCUT2D eigenvalue weighted by Gasteiger charge is -2.29. The summed E-state index contributed by atoms with van der Waals surface area (Å²) in [4.78, 5) is 8.33. The monoisotopic (exact) mass is 287 g/mol. The van der Waals surface area contributed by atoms with E-state index >= 15 is 0 Å². The molecule has 4 heteroatoms. The van der Waals surface area contributed by atoms with Crippen molar-refractivity contribution in [3.8, 4) is 0 Å². The van der Waals surface area contributed by atoms with Gasteiger partial charge in [0.25, 0.3) is 0 Å². The minimum Gasteiger partial charge on any atom is -0.315 e. The normalized spacial score (nSPS) is 18.6. The van der Waals surface area contributed by atoms with E-state index < -0.39 is 0 Å². The standard InChI is InChI=1S/C16H21N3S/c1-13-10-15(20-12-13)16(14-4-2-5-18-11-14)19-8-3-6-17-7-9-19/h2,4-5,10-12,16-17H,3,6-9H2,1H3. The van der Waals surface area contributed by atoms with Crippen molar-refractivity contribution in [1.29, 1.82) is 0 Å². The molecule has 3 rings (SSSR count). The van der Waals surface area contributed by atoms with E-state index in [1.54, 1.807) is 0 Å². The van der Waals surface area contributed by atoms with E-state index in [1.807, 2.05) is 29.8 Å². The van der Waals surface area contributed by atoms with E-state index in [-0.39, 0.29) is 0 Å². The fourth-order valence-electron chi connectivity index (χ4n) is 2.81. The molecule has 1 atom stereocenters. The molecule has 0 aliphatic carbocycles. The maximum atomic E-state index is 4.32. The molecule has 1 unspecified atom stereocenters. The van der Waals surface area contributed by atoms with E-state index in [0.29, 0.717) is 6.04 Å². The molecule has 0 aromatic carbocycles. The van der Waals surface area contributed by atoms with Crippen LogP contribution >= 0.6 is 11.3 Å². The third-order valence-electron chi connectivity index (χ3n) is 3.76. The van der Waals surface area contributed by atoms with Gasteiger partial charge in [-0.1, -0.05) is 6.07 Å². The average molecular weight is 287 g/mol. The number of nitrogens with zero attached hydrogens (tertiary/aromatic N) is 2. The zero-order valence-corrected chi connectivity index (χ0v) is 12.7. The van der Waals surface area contributed by atoms with E-state index in [2.05, 4.69) is 39.6 Å².